The van der Waals surface area contributed by atoms with Gasteiger partial charge in [0.05, 0.1) is 13.7 Å². The first kappa shape index (κ1) is 14.3. The largest absolute Gasteiger partial charge is 0.496 e. The van der Waals surface area contributed by atoms with Crippen molar-refractivity contribution in [1.82, 2.24) is 0 Å². The first-order valence-electron chi connectivity index (χ1n) is 5.24. The zero-order valence-corrected chi connectivity index (χ0v) is 11.7. The molecule has 18 heavy (non-hydrogen) atoms. The number of benzene rings is 1. The van der Waals surface area contributed by atoms with Crippen molar-refractivity contribution in [3.8, 4) is 11.8 Å². The third-order valence-corrected chi connectivity index (χ3v) is 2.60. The number of methoxy groups -OCH3 is 1. The SMILES string of the molecule is CCOC(=O)/C(C#N)=C\c1cc(Br)ccc1OC. The highest BCUT2D eigenvalue weighted by atomic mass is 79.9. The van der Waals surface area contributed by atoms with Crippen molar-refractivity contribution in [2.75, 3.05) is 13.7 Å². The first-order valence-corrected chi connectivity index (χ1v) is 6.04. The molecule has 0 heterocycles. The molecular formula is C13H12BrNO3. The van der Waals surface area contributed by atoms with Crippen LogP contribution < -0.4 is 4.74 Å². The van der Waals surface area contributed by atoms with Crippen LogP contribution in [-0.4, -0.2) is 19.7 Å². The first-order chi connectivity index (χ1) is 8.62. The highest BCUT2D eigenvalue weighted by molar-refractivity contribution is 9.10. The Morgan fingerprint density at radius 3 is 2.83 bits per heavy atom. The maximum atomic E-state index is 11.5. The molecule has 0 aliphatic carbocycles. The molecule has 0 aromatic heterocycles. The summed E-state index contributed by atoms with van der Waals surface area (Å²) in [5.74, 6) is -0.0581. The van der Waals surface area contributed by atoms with E-state index < -0.39 is 5.97 Å². The smallest absolute Gasteiger partial charge is 0.348 e. The molecule has 0 fully saturated rings. The van der Waals surface area contributed by atoms with E-state index in [0.717, 1.165) is 4.47 Å². The van der Waals surface area contributed by atoms with Crippen molar-refractivity contribution in [3.05, 3.63) is 33.8 Å². The lowest BCUT2D eigenvalue weighted by Crippen LogP contribution is -2.06. The molecule has 4 nitrogen and oxygen atoms in total. The number of nitrogens with zero attached hydrogens (tertiary/aromatic N) is 1. The summed E-state index contributed by atoms with van der Waals surface area (Å²) in [4.78, 5) is 11.5. The van der Waals surface area contributed by atoms with E-state index in [0.29, 0.717) is 11.3 Å². The summed E-state index contributed by atoms with van der Waals surface area (Å²) in [5, 5.41) is 8.95. The van der Waals surface area contributed by atoms with Gasteiger partial charge in [-0.05, 0) is 31.2 Å². The second kappa shape index (κ2) is 6.82. The fraction of sp³-hybridized carbons (Fsp3) is 0.231. The van der Waals surface area contributed by atoms with Crippen molar-refractivity contribution < 1.29 is 14.3 Å². The Balaban J connectivity index is 3.17. The van der Waals surface area contributed by atoms with Crippen LogP contribution in [0, 0.1) is 11.3 Å². The van der Waals surface area contributed by atoms with Gasteiger partial charge in [-0.15, -0.1) is 0 Å². The summed E-state index contributed by atoms with van der Waals surface area (Å²) in [6.07, 6.45) is 1.45. The fourth-order valence-electron chi connectivity index (χ4n) is 1.32. The molecule has 0 spiro atoms. The molecule has 94 valence electrons. The quantitative estimate of drug-likeness (QED) is 0.487. The monoisotopic (exact) mass is 309 g/mol. The highest BCUT2D eigenvalue weighted by Gasteiger charge is 2.11. The third-order valence-electron chi connectivity index (χ3n) is 2.11. The van der Waals surface area contributed by atoms with E-state index in [-0.39, 0.29) is 12.2 Å². The van der Waals surface area contributed by atoms with Gasteiger partial charge in [0.25, 0.3) is 0 Å². The topological polar surface area (TPSA) is 59.3 Å². The zero-order valence-electron chi connectivity index (χ0n) is 10.1. The Bertz CT molecular complexity index is 517. The van der Waals surface area contributed by atoms with Gasteiger partial charge in [-0.25, -0.2) is 4.79 Å². The lowest BCUT2D eigenvalue weighted by Gasteiger charge is -2.06. The van der Waals surface area contributed by atoms with Crippen LogP contribution in [0.4, 0.5) is 0 Å². The van der Waals surface area contributed by atoms with Crippen LogP contribution in [0.2, 0.25) is 0 Å². The minimum atomic E-state index is -0.637. The average Bonchev–Trinajstić information content (AvgIpc) is 2.36. The van der Waals surface area contributed by atoms with E-state index in [1.807, 2.05) is 12.1 Å². The molecule has 0 saturated carbocycles. The predicted molar refractivity (Wildman–Crippen MR) is 70.9 cm³/mol. The van der Waals surface area contributed by atoms with Crippen molar-refractivity contribution in [3.63, 3.8) is 0 Å². The Morgan fingerprint density at radius 1 is 1.56 bits per heavy atom. The van der Waals surface area contributed by atoms with Gasteiger partial charge in [-0.1, -0.05) is 15.9 Å². The van der Waals surface area contributed by atoms with Crippen molar-refractivity contribution in [1.29, 1.82) is 5.26 Å². The van der Waals surface area contributed by atoms with Crippen LogP contribution in [0.3, 0.4) is 0 Å². The Kier molecular flexibility index (Phi) is 5.40. The molecule has 0 radical (unpaired) electrons. The van der Waals surface area contributed by atoms with Crippen molar-refractivity contribution in [2.45, 2.75) is 6.92 Å². The third kappa shape index (κ3) is 3.60. The molecule has 0 aliphatic rings. The van der Waals surface area contributed by atoms with Crippen LogP contribution in [0.5, 0.6) is 5.75 Å². The molecule has 0 atom stereocenters. The summed E-state index contributed by atoms with van der Waals surface area (Å²) in [6, 6.07) is 7.14. The van der Waals surface area contributed by atoms with Gasteiger partial charge in [-0.3, -0.25) is 0 Å². The maximum Gasteiger partial charge on any atom is 0.348 e. The molecule has 0 saturated heterocycles. The molecular weight excluding hydrogens is 298 g/mol. The Hall–Kier alpha value is -1.80. The molecule has 0 bridgehead atoms. The number of esters is 1. The number of carbonyl (C=O) groups is 1. The molecule has 5 heteroatoms. The molecule has 0 unspecified atom stereocenters. The minimum Gasteiger partial charge on any atom is -0.496 e. The van der Waals surface area contributed by atoms with Gasteiger partial charge in [0.15, 0.2) is 0 Å². The summed E-state index contributed by atoms with van der Waals surface area (Å²) in [5.41, 5.74) is 0.574. The minimum absolute atomic E-state index is 0.0618. The lowest BCUT2D eigenvalue weighted by molar-refractivity contribution is -0.137. The van der Waals surface area contributed by atoms with Crippen LogP contribution >= 0.6 is 15.9 Å². The standard InChI is InChI=1S/C13H12BrNO3/c1-3-18-13(16)10(8-15)6-9-7-11(14)4-5-12(9)17-2/h4-7H,3H2,1-2H3/b10-6-. The molecule has 1 aromatic carbocycles. The molecule has 1 aromatic rings. The van der Waals surface area contributed by atoms with Gasteiger partial charge >= 0.3 is 5.97 Å². The number of ether oxygens (including phenoxy) is 2. The predicted octanol–water partition coefficient (Wildman–Crippen LogP) is 2.93. The van der Waals surface area contributed by atoms with E-state index in [9.17, 15) is 4.79 Å². The molecule has 1 rings (SSSR count). The van der Waals surface area contributed by atoms with Gasteiger partial charge in [-0.2, -0.15) is 5.26 Å². The van der Waals surface area contributed by atoms with E-state index in [4.69, 9.17) is 14.7 Å². The number of nitriles is 1. The molecule has 0 N–H and O–H groups in total. The summed E-state index contributed by atoms with van der Waals surface area (Å²) in [6.45, 7) is 1.92. The Morgan fingerprint density at radius 2 is 2.28 bits per heavy atom. The normalized spacial score (nSPS) is 10.7. The summed E-state index contributed by atoms with van der Waals surface area (Å²) >= 11 is 3.32. The molecule has 0 aliphatic heterocycles. The van der Waals surface area contributed by atoms with E-state index >= 15 is 0 Å². The fourth-order valence-corrected chi connectivity index (χ4v) is 1.70. The van der Waals surface area contributed by atoms with Gasteiger partial charge < -0.3 is 9.47 Å². The van der Waals surface area contributed by atoms with Crippen LogP contribution in [0.25, 0.3) is 6.08 Å². The number of carbonyl (C=O) groups excluding carboxylic acids is 1. The second-order valence-corrected chi connectivity index (χ2v) is 4.19. The summed E-state index contributed by atoms with van der Waals surface area (Å²) < 4.78 is 10.8. The van der Waals surface area contributed by atoms with Gasteiger partial charge in [0.2, 0.25) is 0 Å². The van der Waals surface area contributed by atoms with Crippen molar-refractivity contribution >= 4 is 28.0 Å². The van der Waals surface area contributed by atoms with Crippen molar-refractivity contribution in [2.24, 2.45) is 0 Å². The second-order valence-electron chi connectivity index (χ2n) is 3.28. The maximum absolute atomic E-state index is 11.5. The van der Waals surface area contributed by atoms with E-state index in [1.165, 1.54) is 13.2 Å². The van der Waals surface area contributed by atoms with E-state index in [1.54, 1.807) is 19.1 Å². The van der Waals surface area contributed by atoms with Crippen LogP contribution in [0.1, 0.15) is 12.5 Å². The number of halogens is 1. The number of hydrogen-bond donors (Lipinski definition) is 0. The zero-order chi connectivity index (χ0) is 13.5. The van der Waals surface area contributed by atoms with E-state index in [2.05, 4.69) is 15.9 Å². The number of rotatable bonds is 4. The average molecular weight is 310 g/mol. The van der Waals surface area contributed by atoms with Crippen LogP contribution in [0.15, 0.2) is 28.2 Å². The van der Waals surface area contributed by atoms with Gasteiger partial charge in [0.1, 0.15) is 17.4 Å². The lowest BCUT2D eigenvalue weighted by atomic mass is 10.1. The highest BCUT2D eigenvalue weighted by Crippen LogP contribution is 2.25. The number of hydrogen-bond acceptors (Lipinski definition) is 4. The summed E-state index contributed by atoms with van der Waals surface area (Å²) in [7, 11) is 1.52. The van der Waals surface area contributed by atoms with Crippen LogP contribution in [-0.2, 0) is 9.53 Å². The molecule has 0 amide bonds. The van der Waals surface area contributed by atoms with Gasteiger partial charge in [0, 0.05) is 10.0 Å². The Labute approximate surface area is 114 Å².